The fourth-order valence-corrected chi connectivity index (χ4v) is 2.57. The Morgan fingerprint density at radius 2 is 1.89 bits per heavy atom. The third-order valence-corrected chi connectivity index (χ3v) is 3.84. The van der Waals surface area contributed by atoms with Crippen molar-refractivity contribution >= 4 is 27.3 Å². The monoisotopic (exact) mass is 302 g/mol. The van der Waals surface area contributed by atoms with Crippen LogP contribution in [0.1, 0.15) is 0 Å². The molecule has 0 spiro atoms. The Kier molecular flexibility index (Phi) is 3.73. The quantitative estimate of drug-likeness (QED) is 0.946. The highest BCUT2D eigenvalue weighted by molar-refractivity contribution is 7.92. The summed E-state index contributed by atoms with van der Waals surface area (Å²) in [4.78, 5) is -0.641. The van der Waals surface area contributed by atoms with Gasteiger partial charge in [-0.05, 0) is 30.3 Å². The van der Waals surface area contributed by atoms with Crippen LogP contribution >= 0.6 is 11.6 Å². The van der Waals surface area contributed by atoms with Crippen molar-refractivity contribution in [2.24, 2.45) is 0 Å². The van der Waals surface area contributed by atoms with Crippen molar-refractivity contribution < 1.29 is 17.2 Å². The normalized spacial score (nSPS) is 11.3. The highest BCUT2D eigenvalue weighted by Crippen LogP contribution is 2.20. The van der Waals surface area contributed by atoms with Gasteiger partial charge in [0.05, 0.1) is 5.69 Å². The first kappa shape index (κ1) is 13.8. The van der Waals surface area contributed by atoms with Gasteiger partial charge < -0.3 is 0 Å². The first-order chi connectivity index (χ1) is 8.88. The van der Waals surface area contributed by atoms with Gasteiger partial charge in [0.15, 0.2) is 0 Å². The molecule has 0 aliphatic heterocycles. The maximum atomic E-state index is 13.4. The van der Waals surface area contributed by atoms with Crippen molar-refractivity contribution in [1.82, 2.24) is 0 Å². The van der Waals surface area contributed by atoms with Crippen LogP contribution in [-0.4, -0.2) is 8.42 Å². The molecule has 99 valence electrons. The molecule has 2 aromatic carbocycles. The van der Waals surface area contributed by atoms with Crippen LogP contribution in [0.2, 0.25) is 5.02 Å². The lowest BCUT2D eigenvalue weighted by atomic mass is 10.3. The van der Waals surface area contributed by atoms with Gasteiger partial charge in [0.2, 0.25) is 0 Å². The van der Waals surface area contributed by atoms with E-state index in [0.717, 1.165) is 12.1 Å². The van der Waals surface area contributed by atoms with Gasteiger partial charge in [-0.15, -0.1) is 0 Å². The maximum Gasteiger partial charge on any atom is 0.264 e. The summed E-state index contributed by atoms with van der Waals surface area (Å²) in [5.74, 6) is -2.02. The van der Waals surface area contributed by atoms with Crippen molar-refractivity contribution in [1.29, 1.82) is 0 Å². The summed E-state index contributed by atoms with van der Waals surface area (Å²) in [5, 5.41) is 0.385. The Morgan fingerprint density at radius 1 is 1.16 bits per heavy atom. The van der Waals surface area contributed by atoms with Gasteiger partial charge in [-0.2, -0.15) is 0 Å². The molecule has 0 fully saturated rings. The van der Waals surface area contributed by atoms with E-state index in [1.807, 2.05) is 0 Å². The Balaban J connectivity index is 2.35. The molecule has 2 aromatic rings. The Morgan fingerprint density at radius 3 is 2.47 bits per heavy atom. The standard InChI is InChI=1S/C12H7ClF2NO2S/c13-8-1-4-10(5-2-8)16-19(17,18)12-6-3-9(14)7-11(12)15/h1-4,6-7,16H. The molecular weight excluding hydrogens is 296 g/mol. The number of hydrogen-bond acceptors (Lipinski definition) is 2. The average molecular weight is 303 g/mol. The summed E-state index contributed by atoms with van der Waals surface area (Å²) in [6, 6.07) is 8.98. The lowest BCUT2D eigenvalue weighted by Crippen LogP contribution is -2.14. The Labute approximate surface area is 113 Å². The SMILES string of the molecule is O=S(=O)(Nc1[c]cc(Cl)cc1)c1ccc(F)cc1F. The average Bonchev–Trinajstić information content (AvgIpc) is 2.31. The molecule has 0 aliphatic rings. The van der Waals surface area contributed by atoms with E-state index in [0.29, 0.717) is 11.1 Å². The summed E-state index contributed by atoms with van der Waals surface area (Å²) in [5.41, 5.74) is 0.105. The van der Waals surface area contributed by atoms with Gasteiger partial charge >= 0.3 is 0 Å². The van der Waals surface area contributed by atoms with E-state index >= 15 is 0 Å². The van der Waals surface area contributed by atoms with E-state index in [1.165, 1.54) is 18.2 Å². The zero-order valence-corrected chi connectivity index (χ0v) is 10.9. The summed E-state index contributed by atoms with van der Waals surface area (Å²) in [6.45, 7) is 0. The fraction of sp³-hybridized carbons (Fsp3) is 0. The number of benzene rings is 2. The van der Waals surface area contributed by atoms with Gasteiger partial charge in [-0.3, -0.25) is 4.72 Å². The van der Waals surface area contributed by atoms with Crippen molar-refractivity contribution in [3.8, 4) is 0 Å². The van der Waals surface area contributed by atoms with Gasteiger partial charge in [0.25, 0.3) is 10.0 Å². The molecular formula is C12H7ClF2NO2S. The van der Waals surface area contributed by atoms with Gasteiger partial charge in [-0.1, -0.05) is 11.6 Å². The van der Waals surface area contributed by atoms with Crippen LogP contribution in [0.5, 0.6) is 0 Å². The molecule has 0 saturated heterocycles. The van der Waals surface area contributed by atoms with E-state index in [2.05, 4.69) is 10.8 Å². The molecule has 0 bridgehead atoms. The zero-order chi connectivity index (χ0) is 14.0. The lowest BCUT2D eigenvalue weighted by molar-refractivity contribution is 0.551. The van der Waals surface area contributed by atoms with Gasteiger partial charge in [0.1, 0.15) is 16.5 Å². The van der Waals surface area contributed by atoms with E-state index in [-0.39, 0.29) is 5.69 Å². The van der Waals surface area contributed by atoms with Crippen molar-refractivity contribution in [3.63, 3.8) is 0 Å². The topological polar surface area (TPSA) is 46.2 Å². The molecule has 19 heavy (non-hydrogen) atoms. The summed E-state index contributed by atoms with van der Waals surface area (Å²) >= 11 is 5.63. The van der Waals surface area contributed by atoms with E-state index in [1.54, 1.807) is 0 Å². The first-order valence-electron chi connectivity index (χ1n) is 5.03. The predicted octanol–water partition coefficient (Wildman–Crippen LogP) is 3.22. The second-order valence-corrected chi connectivity index (χ2v) is 5.69. The molecule has 0 aromatic heterocycles. The van der Waals surface area contributed by atoms with Crippen LogP contribution < -0.4 is 4.72 Å². The van der Waals surface area contributed by atoms with Gasteiger partial charge in [0, 0.05) is 17.2 Å². The van der Waals surface area contributed by atoms with Crippen LogP contribution in [0, 0.1) is 17.7 Å². The van der Waals surface area contributed by atoms with Gasteiger partial charge in [-0.25, -0.2) is 17.2 Å². The Hall–Kier alpha value is -1.66. The number of rotatable bonds is 3. The van der Waals surface area contributed by atoms with Crippen LogP contribution in [-0.2, 0) is 10.0 Å². The zero-order valence-electron chi connectivity index (χ0n) is 9.32. The fourth-order valence-electron chi connectivity index (χ4n) is 1.36. The number of sulfonamides is 1. The molecule has 1 radical (unpaired) electrons. The minimum atomic E-state index is -4.14. The van der Waals surface area contributed by atoms with Crippen LogP contribution in [0.15, 0.2) is 41.3 Å². The molecule has 1 N–H and O–H groups in total. The molecule has 2 rings (SSSR count). The second kappa shape index (κ2) is 5.14. The maximum absolute atomic E-state index is 13.4. The molecule has 0 saturated carbocycles. The second-order valence-electron chi connectivity index (χ2n) is 3.60. The van der Waals surface area contributed by atoms with Crippen LogP contribution in [0.3, 0.4) is 0 Å². The highest BCUT2D eigenvalue weighted by Gasteiger charge is 2.19. The molecule has 0 unspecified atom stereocenters. The molecule has 7 heteroatoms. The van der Waals surface area contributed by atoms with Crippen molar-refractivity contribution in [2.45, 2.75) is 4.90 Å². The largest absolute Gasteiger partial charge is 0.279 e. The number of hydrogen-bond donors (Lipinski definition) is 1. The smallest absolute Gasteiger partial charge is 0.264 e. The third kappa shape index (κ3) is 3.21. The first-order valence-corrected chi connectivity index (χ1v) is 6.90. The summed E-state index contributed by atoms with van der Waals surface area (Å²) < 4.78 is 52.1. The van der Waals surface area contributed by atoms with Crippen molar-refractivity contribution in [3.05, 3.63) is 59.1 Å². The Bertz CT molecular complexity index is 702. The summed E-state index contributed by atoms with van der Waals surface area (Å²) in [6.07, 6.45) is 0. The van der Waals surface area contributed by atoms with E-state index in [4.69, 9.17) is 11.6 Å². The third-order valence-electron chi connectivity index (χ3n) is 2.20. The van der Waals surface area contributed by atoms with E-state index in [9.17, 15) is 17.2 Å². The lowest BCUT2D eigenvalue weighted by Gasteiger charge is -2.08. The molecule has 0 atom stereocenters. The van der Waals surface area contributed by atoms with Crippen LogP contribution in [0.4, 0.5) is 14.5 Å². The molecule has 3 nitrogen and oxygen atoms in total. The predicted molar refractivity (Wildman–Crippen MR) is 67.5 cm³/mol. The number of nitrogens with one attached hydrogen (secondary N) is 1. The molecule has 0 amide bonds. The minimum Gasteiger partial charge on any atom is -0.279 e. The minimum absolute atomic E-state index is 0.105. The highest BCUT2D eigenvalue weighted by atomic mass is 35.5. The molecule has 0 heterocycles. The number of halogens is 3. The summed E-state index contributed by atoms with van der Waals surface area (Å²) in [7, 11) is -4.14. The molecule has 0 aliphatic carbocycles. The van der Waals surface area contributed by atoms with Crippen molar-refractivity contribution in [2.75, 3.05) is 4.72 Å². The van der Waals surface area contributed by atoms with Crippen LogP contribution in [0.25, 0.3) is 0 Å². The van der Waals surface area contributed by atoms with E-state index < -0.39 is 26.6 Å². The number of anilines is 1.